The van der Waals surface area contributed by atoms with Crippen molar-refractivity contribution in [2.45, 2.75) is 24.3 Å². The second kappa shape index (κ2) is 6.17. The van der Waals surface area contributed by atoms with E-state index in [1.807, 2.05) is 6.92 Å². The highest BCUT2D eigenvalue weighted by molar-refractivity contribution is 7.89. The van der Waals surface area contributed by atoms with Crippen LogP contribution in [0.15, 0.2) is 29.2 Å². The molecule has 1 heterocycles. The van der Waals surface area contributed by atoms with E-state index in [2.05, 4.69) is 0 Å². The van der Waals surface area contributed by atoms with Crippen LogP contribution in [0, 0.1) is 0 Å². The van der Waals surface area contributed by atoms with Gasteiger partial charge < -0.3 is 10.5 Å². The minimum absolute atomic E-state index is 0.123. The van der Waals surface area contributed by atoms with Crippen LogP contribution in [0.3, 0.4) is 0 Å². The van der Waals surface area contributed by atoms with E-state index in [9.17, 15) is 8.42 Å². The van der Waals surface area contributed by atoms with Crippen LogP contribution in [0.5, 0.6) is 0 Å². The number of thiocarbonyl (C=S) groups is 1. The smallest absolute Gasteiger partial charge is 0.243 e. The summed E-state index contributed by atoms with van der Waals surface area (Å²) in [7, 11) is -3.54. The standard InChI is InChI=1S/C13H18N2O3S2/c1-2-11-9-18-7-6-15(11)20(16,17)12-5-3-4-10(8-12)13(14)19/h3-5,8,11H,2,6-7,9H2,1H3,(H2,14,19). The Labute approximate surface area is 124 Å². The van der Waals surface area contributed by atoms with Crippen molar-refractivity contribution in [2.75, 3.05) is 19.8 Å². The van der Waals surface area contributed by atoms with Gasteiger partial charge in [0.2, 0.25) is 10.0 Å². The predicted octanol–water partition coefficient (Wildman–Crippen LogP) is 1.12. The molecule has 1 aliphatic heterocycles. The summed E-state index contributed by atoms with van der Waals surface area (Å²) < 4.78 is 32.3. The van der Waals surface area contributed by atoms with Gasteiger partial charge >= 0.3 is 0 Å². The molecule has 1 aliphatic rings. The number of ether oxygens (including phenoxy) is 1. The average molecular weight is 314 g/mol. The fourth-order valence-corrected chi connectivity index (χ4v) is 4.06. The highest BCUT2D eigenvalue weighted by Crippen LogP contribution is 2.22. The Morgan fingerprint density at radius 3 is 2.95 bits per heavy atom. The van der Waals surface area contributed by atoms with E-state index in [0.29, 0.717) is 31.7 Å². The summed E-state index contributed by atoms with van der Waals surface area (Å²) >= 11 is 4.90. The lowest BCUT2D eigenvalue weighted by Crippen LogP contribution is -2.48. The molecule has 0 amide bonds. The van der Waals surface area contributed by atoms with Crippen LogP contribution in [-0.4, -0.2) is 43.5 Å². The van der Waals surface area contributed by atoms with Gasteiger partial charge in [-0.05, 0) is 18.6 Å². The van der Waals surface area contributed by atoms with Gasteiger partial charge in [0.1, 0.15) is 4.99 Å². The van der Waals surface area contributed by atoms with E-state index >= 15 is 0 Å². The zero-order chi connectivity index (χ0) is 14.8. The molecule has 110 valence electrons. The molecule has 0 bridgehead atoms. The van der Waals surface area contributed by atoms with Crippen molar-refractivity contribution >= 4 is 27.2 Å². The number of nitrogens with zero attached hydrogens (tertiary/aromatic N) is 1. The van der Waals surface area contributed by atoms with Gasteiger partial charge in [0.05, 0.1) is 18.1 Å². The van der Waals surface area contributed by atoms with E-state index in [1.165, 1.54) is 10.4 Å². The largest absolute Gasteiger partial charge is 0.389 e. The minimum atomic E-state index is -3.54. The Hall–Kier alpha value is -1.02. The summed E-state index contributed by atoms with van der Waals surface area (Å²) in [6.07, 6.45) is 0.716. The van der Waals surface area contributed by atoms with Crippen LogP contribution in [0.1, 0.15) is 18.9 Å². The molecule has 1 atom stereocenters. The second-order valence-corrected chi connectivity index (χ2v) is 6.98. The number of hydrogen-bond acceptors (Lipinski definition) is 4. The first-order valence-corrected chi connectivity index (χ1v) is 8.31. The number of hydrogen-bond donors (Lipinski definition) is 1. The third-order valence-electron chi connectivity index (χ3n) is 3.37. The van der Waals surface area contributed by atoms with E-state index in [0.717, 1.165) is 0 Å². The van der Waals surface area contributed by atoms with Gasteiger partial charge in [0.25, 0.3) is 0 Å². The Kier molecular flexibility index (Phi) is 4.74. The fourth-order valence-electron chi connectivity index (χ4n) is 2.22. The van der Waals surface area contributed by atoms with Gasteiger partial charge in [0, 0.05) is 18.2 Å². The Balaban J connectivity index is 2.38. The Morgan fingerprint density at radius 2 is 2.30 bits per heavy atom. The molecule has 5 nitrogen and oxygen atoms in total. The van der Waals surface area contributed by atoms with Crippen LogP contribution in [-0.2, 0) is 14.8 Å². The molecule has 2 rings (SSSR count). The van der Waals surface area contributed by atoms with Crippen LogP contribution < -0.4 is 5.73 Å². The minimum Gasteiger partial charge on any atom is -0.389 e. The van der Waals surface area contributed by atoms with Crippen LogP contribution >= 0.6 is 12.2 Å². The first kappa shape index (κ1) is 15.4. The third kappa shape index (κ3) is 3.01. The Morgan fingerprint density at radius 1 is 1.55 bits per heavy atom. The van der Waals surface area contributed by atoms with E-state index in [1.54, 1.807) is 18.2 Å². The molecule has 1 aromatic carbocycles. The van der Waals surface area contributed by atoms with Crippen LogP contribution in [0.2, 0.25) is 0 Å². The molecule has 0 spiro atoms. The van der Waals surface area contributed by atoms with Gasteiger partial charge in [-0.2, -0.15) is 4.31 Å². The first-order chi connectivity index (χ1) is 9.46. The molecule has 20 heavy (non-hydrogen) atoms. The summed E-state index contributed by atoms with van der Waals surface area (Å²) in [5.41, 5.74) is 6.12. The number of rotatable bonds is 4. The maximum absolute atomic E-state index is 12.7. The summed E-state index contributed by atoms with van der Waals surface area (Å²) in [6.45, 7) is 3.18. The normalized spacial score (nSPS) is 20.8. The van der Waals surface area contributed by atoms with Gasteiger partial charge in [-0.3, -0.25) is 0 Å². The highest BCUT2D eigenvalue weighted by Gasteiger charge is 2.33. The molecule has 0 aromatic heterocycles. The summed E-state index contributed by atoms with van der Waals surface area (Å²) in [5.74, 6) is 0. The lowest BCUT2D eigenvalue weighted by molar-refractivity contribution is 0.0314. The number of morpholine rings is 1. The second-order valence-electron chi connectivity index (χ2n) is 4.64. The lowest BCUT2D eigenvalue weighted by atomic mass is 10.2. The molecule has 2 N–H and O–H groups in total. The zero-order valence-electron chi connectivity index (χ0n) is 11.3. The molecular weight excluding hydrogens is 296 g/mol. The maximum Gasteiger partial charge on any atom is 0.243 e. The molecule has 0 aliphatic carbocycles. The van der Waals surface area contributed by atoms with E-state index < -0.39 is 10.0 Å². The number of nitrogens with two attached hydrogens (primary N) is 1. The molecule has 1 aromatic rings. The lowest BCUT2D eigenvalue weighted by Gasteiger charge is -2.34. The van der Waals surface area contributed by atoms with Crippen molar-refractivity contribution < 1.29 is 13.2 Å². The van der Waals surface area contributed by atoms with Crippen molar-refractivity contribution in [3.63, 3.8) is 0 Å². The number of sulfonamides is 1. The Bertz CT molecular complexity index is 601. The SMILES string of the molecule is CCC1COCCN1S(=O)(=O)c1cccc(C(N)=S)c1. The molecule has 1 saturated heterocycles. The predicted molar refractivity (Wildman–Crippen MR) is 81.1 cm³/mol. The molecule has 1 unspecified atom stereocenters. The third-order valence-corrected chi connectivity index (χ3v) is 5.55. The fraction of sp³-hybridized carbons (Fsp3) is 0.462. The molecule has 0 saturated carbocycles. The topological polar surface area (TPSA) is 72.6 Å². The van der Waals surface area contributed by atoms with Crippen molar-refractivity contribution in [3.05, 3.63) is 29.8 Å². The van der Waals surface area contributed by atoms with Gasteiger partial charge in [0.15, 0.2) is 0 Å². The average Bonchev–Trinajstić information content (AvgIpc) is 2.47. The van der Waals surface area contributed by atoms with Crippen LogP contribution in [0.4, 0.5) is 0 Å². The quantitative estimate of drug-likeness (QED) is 0.843. The summed E-state index contributed by atoms with van der Waals surface area (Å²) in [6, 6.07) is 6.34. The summed E-state index contributed by atoms with van der Waals surface area (Å²) in [5, 5.41) is 0. The first-order valence-electron chi connectivity index (χ1n) is 6.46. The highest BCUT2D eigenvalue weighted by atomic mass is 32.2. The van der Waals surface area contributed by atoms with Gasteiger partial charge in [-0.15, -0.1) is 0 Å². The molecular formula is C13H18N2O3S2. The zero-order valence-corrected chi connectivity index (χ0v) is 12.9. The molecule has 1 fully saturated rings. The van der Waals surface area contributed by atoms with Crippen molar-refractivity contribution in [1.82, 2.24) is 4.31 Å². The monoisotopic (exact) mass is 314 g/mol. The van der Waals surface area contributed by atoms with Gasteiger partial charge in [-0.1, -0.05) is 31.3 Å². The summed E-state index contributed by atoms with van der Waals surface area (Å²) in [4.78, 5) is 0.416. The molecule has 0 radical (unpaired) electrons. The van der Waals surface area contributed by atoms with E-state index in [4.69, 9.17) is 22.7 Å². The van der Waals surface area contributed by atoms with Crippen molar-refractivity contribution in [1.29, 1.82) is 0 Å². The van der Waals surface area contributed by atoms with Crippen molar-refractivity contribution in [3.8, 4) is 0 Å². The maximum atomic E-state index is 12.7. The van der Waals surface area contributed by atoms with Crippen LogP contribution in [0.25, 0.3) is 0 Å². The van der Waals surface area contributed by atoms with E-state index in [-0.39, 0.29) is 15.9 Å². The van der Waals surface area contributed by atoms with Crippen molar-refractivity contribution in [2.24, 2.45) is 5.73 Å². The molecule has 7 heteroatoms. The van der Waals surface area contributed by atoms with Gasteiger partial charge in [-0.25, -0.2) is 8.42 Å². The number of benzene rings is 1.